The van der Waals surface area contributed by atoms with E-state index in [-0.39, 0.29) is 30.6 Å². The van der Waals surface area contributed by atoms with Crippen LogP contribution in [0.1, 0.15) is 32.6 Å². The number of likely N-dealkylation sites (tertiary alicyclic amines) is 1. The van der Waals surface area contributed by atoms with Crippen LogP contribution >= 0.6 is 0 Å². The molecule has 0 bridgehead atoms. The summed E-state index contributed by atoms with van der Waals surface area (Å²) >= 11 is 0. The minimum absolute atomic E-state index is 0.00325. The van der Waals surface area contributed by atoms with Crippen molar-refractivity contribution in [1.29, 1.82) is 0 Å². The Hall–Kier alpha value is -1.14. The molecule has 0 aromatic rings. The zero-order valence-corrected chi connectivity index (χ0v) is 11.9. The molecule has 0 aliphatic carbocycles. The summed E-state index contributed by atoms with van der Waals surface area (Å²) in [6, 6.07) is 0. The number of aliphatic carboxylic acids is 1. The van der Waals surface area contributed by atoms with Gasteiger partial charge in [-0.05, 0) is 25.7 Å². The molecular formula is C14H23NO5. The van der Waals surface area contributed by atoms with E-state index in [0.717, 1.165) is 12.8 Å². The number of nitrogens with zero attached hydrogens (tertiary/aromatic N) is 1. The molecule has 2 atom stereocenters. The number of hydrogen-bond acceptors (Lipinski definition) is 4. The predicted molar refractivity (Wildman–Crippen MR) is 71.3 cm³/mol. The summed E-state index contributed by atoms with van der Waals surface area (Å²) < 4.78 is 10.9. The van der Waals surface area contributed by atoms with Gasteiger partial charge in [-0.25, -0.2) is 4.79 Å². The first-order chi connectivity index (χ1) is 9.61. The van der Waals surface area contributed by atoms with Crippen molar-refractivity contribution >= 4 is 11.9 Å². The molecule has 0 radical (unpaired) electrons. The third kappa shape index (κ3) is 3.70. The molecule has 2 unspecified atom stereocenters. The Morgan fingerprint density at radius 3 is 2.60 bits per heavy atom. The van der Waals surface area contributed by atoms with Gasteiger partial charge in [-0.15, -0.1) is 0 Å². The second-order valence-corrected chi connectivity index (χ2v) is 5.44. The van der Waals surface area contributed by atoms with E-state index in [2.05, 4.69) is 0 Å². The number of piperidine rings is 1. The van der Waals surface area contributed by atoms with Gasteiger partial charge in [-0.3, -0.25) is 4.79 Å². The average molecular weight is 285 g/mol. The summed E-state index contributed by atoms with van der Waals surface area (Å²) in [6.07, 6.45) is 3.12. The fourth-order valence-corrected chi connectivity index (χ4v) is 3.00. The normalized spacial score (nSPS) is 27.8. The average Bonchev–Trinajstić information content (AvgIpc) is 2.93. The molecule has 2 aliphatic heterocycles. The molecule has 114 valence electrons. The van der Waals surface area contributed by atoms with Gasteiger partial charge in [0.05, 0.1) is 18.1 Å². The van der Waals surface area contributed by atoms with Crippen molar-refractivity contribution in [3.63, 3.8) is 0 Å². The first kappa shape index (κ1) is 15.3. The number of ether oxygens (including phenoxy) is 2. The van der Waals surface area contributed by atoms with E-state index >= 15 is 0 Å². The van der Waals surface area contributed by atoms with Crippen molar-refractivity contribution < 1.29 is 24.2 Å². The van der Waals surface area contributed by atoms with Gasteiger partial charge < -0.3 is 19.5 Å². The van der Waals surface area contributed by atoms with Gasteiger partial charge in [0.1, 0.15) is 6.61 Å². The van der Waals surface area contributed by atoms with E-state index in [4.69, 9.17) is 14.6 Å². The van der Waals surface area contributed by atoms with Gasteiger partial charge in [0.15, 0.2) is 0 Å². The lowest BCUT2D eigenvalue weighted by atomic mass is 9.96. The maximum atomic E-state index is 12.5. The maximum Gasteiger partial charge on any atom is 0.329 e. The second-order valence-electron chi connectivity index (χ2n) is 5.44. The summed E-state index contributed by atoms with van der Waals surface area (Å²) in [5, 5.41) is 8.58. The van der Waals surface area contributed by atoms with Gasteiger partial charge in [0, 0.05) is 19.7 Å². The van der Waals surface area contributed by atoms with E-state index in [1.165, 1.54) is 0 Å². The van der Waals surface area contributed by atoms with Crippen LogP contribution in [0.5, 0.6) is 0 Å². The van der Waals surface area contributed by atoms with E-state index < -0.39 is 5.97 Å². The Bertz CT molecular complexity index is 351. The largest absolute Gasteiger partial charge is 0.480 e. The molecule has 2 aliphatic rings. The molecule has 2 saturated heterocycles. The van der Waals surface area contributed by atoms with Crippen LogP contribution in [0, 0.1) is 5.92 Å². The Morgan fingerprint density at radius 1 is 1.30 bits per heavy atom. The molecule has 1 N–H and O–H groups in total. The second kappa shape index (κ2) is 7.04. The smallest absolute Gasteiger partial charge is 0.329 e. The molecule has 6 heteroatoms. The van der Waals surface area contributed by atoms with Crippen LogP contribution < -0.4 is 0 Å². The van der Waals surface area contributed by atoms with Gasteiger partial charge in [-0.1, -0.05) is 6.92 Å². The zero-order valence-electron chi connectivity index (χ0n) is 11.9. The van der Waals surface area contributed by atoms with Crippen LogP contribution in [0.3, 0.4) is 0 Å². The Labute approximate surface area is 119 Å². The Morgan fingerprint density at radius 2 is 2.00 bits per heavy atom. The van der Waals surface area contributed by atoms with Crippen molar-refractivity contribution in [3.05, 3.63) is 0 Å². The monoisotopic (exact) mass is 285 g/mol. The summed E-state index contributed by atoms with van der Waals surface area (Å²) in [6.45, 7) is 3.76. The molecule has 0 saturated carbocycles. The van der Waals surface area contributed by atoms with Gasteiger partial charge in [0.25, 0.3) is 0 Å². The molecule has 20 heavy (non-hydrogen) atoms. The highest BCUT2D eigenvalue weighted by Crippen LogP contribution is 2.27. The number of carbonyl (C=O) groups excluding carboxylic acids is 1. The standard InChI is InChI=1S/C14H23NO5/c1-2-12-11(5-8-19-12)14(18)15-6-3-10(4-7-15)20-9-13(16)17/h10-12H,2-9H2,1H3,(H,16,17). The number of carboxylic acids is 1. The zero-order chi connectivity index (χ0) is 14.5. The fraction of sp³-hybridized carbons (Fsp3) is 0.857. The van der Waals surface area contributed by atoms with E-state index in [1.54, 1.807) is 0 Å². The Kier molecular flexibility index (Phi) is 5.37. The number of amides is 1. The van der Waals surface area contributed by atoms with Gasteiger partial charge in [0.2, 0.25) is 5.91 Å². The SMILES string of the molecule is CCC1OCCC1C(=O)N1CCC(OCC(=O)O)CC1. The molecule has 0 aromatic carbocycles. The Balaban J connectivity index is 1.78. The summed E-state index contributed by atoms with van der Waals surface area (Å²) in [7, 11) is 0. The summed E-state index contributed by atoms with van der Waals surface area (Å²) in [4.78, 5) is 24.8. The van der Waals surface area contributed by atoms with Crippen molar-refractivity contribution in [3.8, 4) is 0 Å². The van der Waals surface area contributed by atoms with Crippen LogP contribution in [0.4, 0.5) is 0 Å². The van der Waals surface area contributed by atoms with Crippen LogP contribution in [-0.2, 0) is 19.1 Å². The lowest BCUT2D eigenvalue weighted by Gasteiger charge is -2.34. The number of carbonyl (C=O) groups is 2. The predicted octanol–water partition coefficient (Wildman–Crippen LogP) is 0.894. The minimum atomic E-state index is -0.947. The molecule has 2 rings (SSSR count). The topological polar surface area (TPSA) is 76.1 Å². The van der Waals surface area contributed by atoms with E-state index in [1.807, 2.05) is 11.8 Å². The first-order valence-electron chi connectivity index (χ1n) is 7.35. The van der Waals surface area contributed by atoms with Crippen LogP contribution in [-0.4, -0.2) is 60.4 Å². The maximum absolute atomic E-state index is 12.5. The highest BCUT2D eigenvalue weighted by atomic mass is 16.5. The summed E-state index contributed by atoms with van der Waals surface area (Å²) in [5.74, 6) is -0.764. The van der Waals surface area contributed by atoms with Crippen LogP contribution in [0.15, 0.2) is 0 Å². The van der Waals surface area contributed by atoms with Gasteiger partial charge in [-0.2, -0.15) is 0 Å². The quantitative estimate of drug-likeness (QED) is 0.812. The molecule has 0 aromatic heterocycles. The number of carboxylic acid groups (broad SMARTS) is 1. The van der Waals surface area contributed by atoms with Gasteiger partial charge >= 0.3 is 5.97 Å². The molecule has 0 spiro atoms. The van der Waals surface area contributed by atoms with E-state index in [0.29, 0.717) is 32.5 Å². The third-order valence-corrected chi connectivity index (χ3v) is 4.13. The molecular weight excluding hydrogens is 262 g/mol. The highest BCUT2D eigenvalue weighted by Gasteiger charge is 2.36. The molecule has 1 amide bonds. The minimum Gasteiger partial charge on any atom is -0.480 e. The lowest BCUT2D eigenvalue weighted by Crippen LogP contribution is -2.45. The number of rotatable bonds is 5. The first-order valence-corrected chi connectivity index (χ1v) is 7.35. The number of hydrogen-bond donors (Lipinski definition) is 1. The highest BCUT2D eigenvalue weighted by molar-refractivity contribution is 5.79. The third-order valence-electron chi connectivity index (χ3n) is 4.13. The van der Waals surface area contributed by atoms with Crippen molar-refractivity contribution in [2.75, 3.05) is 26.3 Å². The molecule has 2 fully saturated rings. The van der Waals surface area contributed by atoms with Crippen LogP contribution in [0.25, 0.3) is 0 Å². The van der Waals surface area contributed by atoms with Crippen molar-refractivity contribution in [1.82, 2.24) is 4.90 Å². The lowest BCUT2D eigenvalue weighted by molar-refractivity contribution is -0.148. The molecule has 6 nitrogen and oxygen atoms in total. The summed E-state index contributed by atoms with van der Waals surface area (Å²) in [5.41, 5.74) is 0. The van der Waals surface area contributed by atoms with Crippen molar-refractivity contribution in [2.45, 2.75) is 44.8 Å². The molecule has 2 heterocycles. The van der Waals surface area contributed by atoms with E-state index in [9.17, 15) is 9.59 Å². The van der Waals surface area contributed by atoms with Crippen LogP contribution in [0.2, 0.25) is 0 Å². The van der Waals surface area contributed by atoms with Crippen molar-refractivity contribution in [2.24, 2.45) is 5.92 Å². The fourth-order valence-electron chi connectivity index (χ4n) is 3.00.